The Morgan fingerprint density at radius 1 is 0.923 bits per heavy atom. The molecule has 0 aliphatic carbocycles. The second-order valence-electron chi connectivity index (χ2n) is 15.0. The van der Waals surface area contributed by atoms with Crippen molar-refractivity contribution in [3.05, 3.63) is 63.2 Å². The number of amides is 3. The Morgan fingerprint density at radius 2 is 1.48 bits per heavy atom. The number of nitrogens with zero attached hydrogens (tertiary/aromatic N) is 5. The van der Waals surface area contributed by atoms with Crippen LogP contribution in [-0.4, -0.2) is 53.4 Å². The van der Waals surface area contributed by atoms with Gasteiger partial charge in [-0.05, 0) is 68.2 Å². The Bertz CT molecular complexity index is 1510. The quantitative estimate of drug-likeness (QED) is 0.0417. The smallest absolute Gasteiger partial charge is 0.279 e. The number of carbonyl (C=O) groups excluding carboxylic acids is 3. The molecule has 0 radical (unpaired) electrons. The Hall–Kier alpha value is -3.77. The van der Waals surface area contributed by atoms with E-state index in [0.717, 1.165) is 64.5 Å². The highest BCUT2D eigenvalue weighted by atomic mass is 32.1. The number of hydrazine groups is 1. The van der Waals surface area contributed by atoms with Crippen LogP contribution in [0.25, 0.3) is 6.08 Å². The van der Waals surface area contributed by atoms with Crippen LogP contribution in [0.4, 0.5) is 5.13 Å². The second-order valence-corrected chi connectivity index (χ2v) is 16.0. The standard InChI is InChI=1S/C43H65N5O3S/c1-11-16-22-33(14-4)29-47(30-34(15-5)23-17-12-2)42-45-39(43(7,8)9)38(52-42)27-37(36(26-18-13-3)32(6)28-44)41(51)48(31-49)46(10)40(50)35-24-20-19-21-25-35/h19-21,24-25,27,31,33-34H,11-18,22-23,26,29-30H2,1-10H3/b36-32+,37-27-. The molecule has 52 heavy (non-hydrogen) atoms. The molecule has 0 aliphatic heterocycles. The summed E-state index contributed by atoms with van der Waals surface area (Å²) in [6, 6.07) is 10.8. The van der Waals surface area contributed by atoms with E-state index >= 15 is 0 Å². The van der Waals surface area contributed by atoms with Gasteiger partial charge in [0.05, 0.1) is 16.6 Å². The van der Waals surface area contributed by atoms with Gasteiger partial charge < -0.3 is 4.90 Å². The largest absolute Gasteiger partial charge is 0.348 e. The molecule has 2 aromatic rings. The number of nitriles is 1. The van der Waals surface area contributed by atoms with Gasteiger partial charge in [-0.3, -0.25) is 14.4 Å². The van der Waals surface area contributed by atoms with Gasteiger partial charge in [0.1, 0.15) is 0 Å². The molecular weight excluding hydrogens is 667 g/mol. The summed E-state index contributed by atoms with van der Waals surface area (Å²) >= 11 is 1.58. The van der Waals surface area contributed by atoms with Gasteiger partial charge in [-0.2, -0.15) is 10.3 Å². The molecule has 3 amide bonds. The van der Waals surface area contributed by atoms with Crippen LogP contribution >= 0.6 is 11.3 Å². The van der Waals surface area contributed by atoms with Crippen LogP contribution in [0.2, 0.25) is 0 Å². The minimum absolute atomic E-state index is 0.225. The van der Waals surface area contributed by atoms with Crippen molar-refractivity contribution in [1.29, 1.82) is 5.26 Å². The van der Waals surface area contributed by atoms with E-state index in [1.54, 1.807) is 48.6 Å². The van der Waals surface area contributed by atoms with Crippen molar-refractivity contribution in [2.75, 3.05) is 25.0 Å². The van der Waals surface area contributed by atoms with Crippen molar-refractivity contribution >= 4 is 40.8 Å². The predicted molar refractivity (Wildman–Crippen MR) is 217 cm³/mol. The monoisotopic (exact) mass is 731 g/mol. The van der Waals surface area contributed by atoms with Crippen LogP contribution in [0.3, 0.4) is 0 Å². The van der Waals surface area contributed by atoms with E-state index in [2.05, 4.69) is 66.4 Å². The highest BCUT2D eigenvalue weighted by molar-refractivity contribution is 7.16. The molecule has 1 heterocycles. The molecule has 0 saturated heterocycles. The van der Waals surface area contributed by atoms with E-state index in [-0.39, 0.29) is 11.0 Å². The van der Waals surface area contributed by atoms with Gasteiger partial charge in [-0.1, -0.05) is 130 Å². The molecule has 8 nitrogen and oxygen atoms in total. The molecule has 1 aromatic carbocycles. The maximum Gasteiger partial charge on any atom is 0.279 e. The zero-order valence-electron chi connectivity index (χ0n) is 33.8. The van der Waals surface area contributed by atoms with Crippen LogP contribution < -0.4 is 4.90 Å². The van der Waals surface area contributed by atoms with E-state index in [9.17, 15) is 19.6 Å². The maximum absolute atomic E-state index is 14.6. The van der Waals surface area contributed by atoms with Crippen molar-refractivity contribution in [2.45, 2.75) is 138 Å². The average Bonchev–Trinajstić information content (AvgIpc) is 3.58. The first-order valence-electron chi connectivity index (χ1n) is 19.5. The SMILES string of the molecule is CCCCC(/C(=C/c1sc(N(CC(CC)CCCC)CC(CC)CCCC)nc1C(C)(C)C)C(=O)N(C=O)N(C)C(=O)c1ccccc1)=C(/C)C#N. The Labute approximate surface area is 319 Å². The van der Waals surface area contributed by atoms with Gasteiger partial charge in [-0.25, -0.2) is 9.99 Å². The summed E-state index contributed by atoms with van der Waals surface area (Å²) in [7, 11) is 1.42. The van der Waals surface area contributed by atoms with E-state index in [1.807, 2.05) is 6.08 Å². The van der Waals surface area contributed by atoms with Crippen LogP contribution in [0, 0.1) is 23.2 Å². The van der Waals surface area contributed by atoms with E-state index in [1.165, 1.54) is 45.6 Å². The van der Waals surface area contributed by atoms with Gasteiger partial charge in [-0.15, -0.1) is 0 Å². The molecule has 286 valence electrons. The fraction of sp³-hybridized carbons (Fsp3) is 0.605. The van der Waals surface area contributed by atoms with Crippen LogP contribution in [0.5, 0.6) is 0 Å². The molecule has 0 N–H and O–H groups in total. The minimum atomic E-state index is -0.662. The van der Waals surface area contributed by atoms with E-state index in [4.69, 9.17) is 4.98 Å². The molecule has 0 fully saturated rings. The number of thiazole rings is 1. The van der Waals surface area contributed by atoms with Gasteiger partial charge in [0.2, 0.25) is 6.41 Å². The molecule has 2 atom stereocenters. The third kappa shape index (κ3) is 12.7. The molecule has 0 aliphatic rings. The van der Waals surface area contributed by atoms with E-state index in [0.29, 0.717) is 41.4 Å². The molecule has 2 rings (SSSR count). The summed E-state index contributed by atoms with van der Waals surface area (Å²) in [5, 5.41) is 12.9. The Kier molecular flexibility index (Phi) is 19.1. The lowest BCUT2D eigenvalue weighted by molar-refractivity contribution is -0.147. The zero-order chi connectivity index (χ0) is 38.8. The first-order chi connectivity index (χ1) is 24.8. The van der Waals surface area contributed by atoms with Crippen LogP contribution in [0.1, 0.15) is 154 Å². The van der Waals surface area contributed by atoms with Crippen molar-refractivity contribution in [1.82, 2.24) is 15.0 Å². The maximum atomic E-state index is 14.6. The molecule has 0 saturated carbocycles. The lowest BCUT2D eigenvalue weighted by Gasteiger charge is -2.30. The predicted octanol–water partition coefficient (Wildman–Crippen LogP) is 10.8. The number of anilines is 1. The number of aromatic nitrogens is 1. The first-order valence-corrected chi connectivity index (χ1v) is 20.3. The third-order valence-electron chi connectivity index (χ3n) is 9.84. The van der Waals surface area contributed by atoms with Crippen molar-refractivity contribution in [3.63, 3.8) is 0 Å². The van der Waals surface area contributed by atoms with Gasteiger partial charge in [0.25, 0.3) is 11.8 Å². The number of unbranched alkanes of at least 4 members (excludes halogenated alkanes) is 3. The van der Waals surface area contributed by atoms with Crippen molar-refractivity contribution in [3.8, 4) is 6.07 Å². The highest BCUT2D eigenvalue weighted by Crippen LogP contribution is 2.38. The van der Waals surface area contributed by atoms with Gasteiger partial charge in [0, 0.05) is 42.3 Å². The van der Waals surface area contributed by atoms with Crippen LogP contribution in [-0.2, 0) is 15.0 Å². The number of hydrogen-bond acceptors (Lipinski definition) is 7. The fourth-order valence-electron chi connectivity index (χ4n) is 6.38. The van der Waals surface area contributed by atoms with Gasteiger partial charge in [0.15, 0.2) is 5.13 Å². The lowest BCUT2D eigenvalue weighted by atomic mass is 9.89. The molecule has 0 bridgehead atoms. The Morgan fingerprint density at radius 3 is 1.94 bits per heavy atom. The third-order valence-corrected chi connectivity index (χ3v) is 10.9. The molecular formula is C43H65N5O3S. The zero-order valence-corrected chi connectivity index (χ0v) is 34.6. The molecule has 2 unspecified atom stereocenters. The van der Waals surface area contributed by atoms with Crippen molar-refractivity contribution < 1.29 is 14.4 Å². The van der Waals surface area contributed by atoms with Crippen molar-refractivity contribution in [2.24, 2.45) is 11.8 Å². The lowest BCUT2D eigenvalue weighted by Crippen LogP contribution is -2.47. The first kappa shape index (κ1) is 44.4. The van der Waals surface area contributed by atoms with Crippen LogP contribution in [0.15, 0.2) is 47.1 Å². The summed E-state index contributed by atoms with van der Waals surface area (Å²) < 4.78 is 0. The fourth-order valence-corrected chi connectivity index (χ4v) is 7.61. The number of rotatable bonds is 21. The number of hydrogen-bond donors (Lipinski definition) is 0. The summed E-state index contributed by atoms with van der Waals surface area (Å²) in [5.41, 5.74) is 2.06. The minimum Gasteiger partial charge on any atom is -0.348 e. The number of carbonyl (C=O) groups is 3. The number of imide groups is 1. The second kappa shape index (κ2) is 22.3. The normalized spacial score (nSPS) is 13.5. The molecule has 0 spiro atoms. The Balaban J connectivity index is 2.87. The van der Waals surface area contributed by atoms with Gasteiger partial charge >= 0.3 is 0 Å². The number of allylic oxidation sites excluding steroid dienone is 1. The summed E-state index contributed by atoms with van der Waals surface area (Å²) in [6.07, 6.45) is 13.6. The molecule has 1 aromatic heterocycles. The number of benzene rings is 1. The molecule has 9 heteroatoms. The summed E-state index contributed by atoms with van der Waals surface area (Å²) in [4.78, 5) is 49.4. The van der Waals surface area contributed by atoms with E-state index < -0.39 is 11.8 Å². The summed E-state index contributed by atoms with van der Waals surface area (Å²) in [6.45, 7) is 21.0. The topological polar surface area (TPSA) is 97.6 Å². The summed E-state index contributed by atoms with van der Waals surface area (Å²) in [5.74, 6) is -0.0695. The average molecular weight is 732 g/mol. The highest BCUT2D eigenvalue weighted by Gasteiger charge is 2.31.